The van der Waals surface area contributed by atoms with E-state index in [4.69, 9.17) is 4.74 Å². The molecule has 0 radical (unpaired) electrons. The zero-order valence-electron chi connectivity index (χ0n) is 17.6. The van der Waals surface area contributed by atoms with Crippen molar-refractivity contribution in [3.63, 3.8) is 0 Å². The molecule has 4 rings (SSSR count). The van der Waals surface area contributed by atoms with Gasteiger partial charge in [-0.2, -0.15) is 4.98 Å². The molecule has 0 N–H and O–H groups in total. The highest BCUT2D eigenvalue weighted by atomic mass is 16.5. The first kappa shape index (κ1) is 19.9. The lowest BCUT2D eigenvalue weighted by molar-refractivity contribution is -0.143. The van der Waals surface area contributed by atoms with Crippen molar-refractivity contribution in [2.24, 2.45) is 13.0 Å². The van der Waals surface area contributed by atoms with Crippen LogP contribution in [0.25, 0.3) is 11.2 Å². The molecule has 1 atom stereocenters. The molecule has 0 spiro atoms. The highest BCUT2D eigenvalue weighted by molar-refractivity contribution is 5.77. The first-order valence-electron chi connectivity index (χ1n) is 10.0. The van der Waals surface area contributed by atoms with Crippen LogP contribution in [0.1, 0.15) is 19.4 Å². The van der Waals surface area contributed by atoms with Crippen molar-refractivity contribution in [2.45, 2.75) is 33.9 Å². The number of ether oxygens (including phenoxy) is 1. The van der Waals surface area contributed by atoms with Gasteiger partial charge in [0.15, 0.2) is 11.2 Å². The molecule has 1 aliphatic rings. The summed E-state index contributed by atoms with van der Waals surface area (Å²) in [6.07, 6.45) is 0. The number of aromatic nitrogens is 4. The molecule has 0 aliphatic carbocycles. The molecule has 0 saturated carbocycles. The molecule has 2 aromatic heterocycles. The van der Waals surface area contributed by atoms with E-state index in [2.05, 4.69) is 16.8 Å². The number of hydrogen-bond acceptors (Lipinski definition) is 6. The second-order valence-electron chi connectivity index (χ2n) is 7.78. The first-order valence-corrected chi connectivity index (χ1v) is 10.0. The van der Waals surface area contributed by atoms with E-state index < -0.39 is 23.8 Å². The van der Waals surface area contributed by atoms with E-state index in [-0.39, 0.29) is 12.5 Å². The summed E-state index contributed by atoms with van der Waals surface area (Å²) in [5.41, 5.74) is 1.64. The summed E-state index contributed by atoms with van der Waals surface area (Å²) in [4.78, 5) is 44.7. The molecule has 0 saturated heterocycles. The summed E-state index contributed by atoms with van der Waals surface area (Å²) in [6, 6.07) is 8.11. The van der Waals surface area contributed by atoms with Crippen LogP contribution in [0.4, 0.5) is 11.6 Å². The summed E-state index contributed by atoms with van der Waals surface area (Å²) < 4.78 is 9.02. The van der Waals surface area contributed by atoms with Crippen LogP contribution in [-0.4, -0.2) is 37.8 Å². The predicted molar refractivity (Wildman–Crippen MR) is 113 cm³/mol. The molecule has 9 nitrogen and oxygen atoms in total. The van der Waals surface area contributed by atoms with E-state index in [0.29, 0.717) is 23.7 Å². The fourth-order valence-electron chi connectivity index (χ4n) is 3.92. The lowest BCUT2D eigenvalue weighted by Crippen LogP contribution is -2.42. The minimum atomic E-state index is -0.621. The number of carbonyl (C=O) groups is 1. The number of anilines is 2. The number of fused-ring (bicyclic) bond motifs is 3. The Bertz CT molecular complexity index is 1240. The van der Waals surface area contributed by atoms with E-state index in [1.807, 2.05) is 35.8 Å². The molecule has 1 aliphatic heterocycles. The van der Waals surface area contributed by atoms with Crippen LogP contribution < -0.4 is 16.1 Å². The molecule has 3 aromatic rings. The van der Waals surface area contributed by atoms with Gasteiger partial charge < -0.3 is 14.2 Å². The Morgan fingerprint density at radius 1 is 1.20 bits per heavy atom. The quantitative estimate of drug-likeness (QED) is 0.605. The Hall–Kier alpha value is -3.36. The number of nitrogens with zero attached hydrogens (tertiary/aromatic N) is 5. The molecule has 3 heterocycles. The van der Waals surface area contributed by atoms with Gasteiger partial charge in [-0.15, -0.1) is 0 Å². The molecule has 0 bridgehead atoms. The van der Waals surface area contributed by atoms with Crippen LogP contribution in [0.15, 0.2) is 33.9 Å². The lowest BCUT2D eigenvalue weighted by Gasteiger charge is -2.33. The average Bonchev–Trinajstić information content (AvgIpc) is 3.09. The molecule has 30 heavy (non-hydrogen) atoms. The summed E-state index contributed by atoms with van der Waals surface area (Å²) in [6.45, 7) is 6.91. The average molecular weight is 411 g/mol. The highest BCUT2D eigenvalue weighted by Crippen LogP contribution is 2.32. The topological polar surface area (TPSA) is 91.4 Å². The van der Waals surface area contributed by atoms with Gasteiger partial charge in [-0.1, -0.05) is 24.6 Å². The van der Waals surface area contributed by atoms with E-state index in [9.17, 15) is 14.4 Å². The summed E-state index contributed by atoms with van der Waals surface area (Å²) >= 11 is 0. The van der Waals surface area contributed by atoms with Crippen LogP contribution in [0.5, 0.6) is 0 Å². The summed E-state index contributed by atoms with van der Waals surface area (Å²) in [7, 11) is 1.56. The van der Waals surface area contributed by atoms with Gasteiger partial charge in [0, 0.05) is 25.8 Å². The number of carbonyl (C=O) groups excluding carboxylic acids is 1. The zero-order chi connectivity index (χ0) is 21.6. The van der Waals surface area contributed by atoms with Crippen LogP contribution in [-0.2, 0) is 29.7 Å². The molecular weight excluding hydrogens is 386 g/mol. The molecule has 1 aromatic carbocycles. The van der Waals surface area contributed by atoms with E-state index >= 15 is 0 Å². The molecule has 0 amide bonds. The minimum absolute atomic E-state index is 0.182. The molecule has 9 heteroatoms. The van der Waals surface area contributed by atoms with Gasteiger partial charge in [0.2, 0.25) is 5.95 Å². The van der Waals surface area contributed by atoms with Crippen molar-refractivity contribution in [3.8, 4) is 0 Å². The second kappa shape index (κ2) is 7.47. The highest BCUT2D eigenvalue weighted by Gasteiger charge is 2.30. The van der Waals surface area contributed by atoms with Gasteiger partial charge in [-0.05, 0) is 31.9 Å². The normalized spacial score (nSPS) is 16.0. The lowest BCUT2D eigenvalue weighted by atomic mass is 10.1. The van der Waals surface area contributed by atoms with Gasteiger partial charge in [0.1, 0.15) is 6.54 Å². The SMILES string of the molecule is CCOC(=O)Cn1c(=O)c2c(nc3n2CC(C)CN3c2ccc(C)cc2)n(C)c1=O. The third-order valence-electron chi connectivity index (χ3n) is 5.38. The summed E-state index contributed by atoms with van der Waals surface area (Å²) in [5, 5.41) is 0. The summed E-state index contributed by atoms with van der Waals surface area (Å²) in [5.74, 6) is 0.253. The fourth-order valence-corrected chi connectivity index (χ4v) is 3.92. The first-order chi connectivity index (χ1) is 14.3. The monoisotopic (exact) mass is 411 g/mol. The smallest absolute Gasteiger partial charge is 0.333 e. The van der Waals surface area contributed by atoms with Gasteiger partial charge in [-0.3, -0.25) is 14.2 Å². The Morgan fingerprint density at radius 3 is 2.57 bits per heavy atom. The maximum atomic E-state index is 13.2. The number of imidazole rings is 1. The van der Waals surface area contributed by atoms with Crippen molar-refractivity contribution in [3.05, 3.63) is 50.7 Å². The predicted octanol–water partition coefficient (Wildman–Crippen LogP) is 1.56. The van der Waals surface area contributed by atoms with Crippen molar-refractivity contribution >= 4 is 28.8 Å². The Morgan fingerprint density at radius 2 is 1.90 bits per heavy atom. The van der Waals surface area contributed by atoms with Crippen LogP contribution in [0.2, 0.25) is 0 Å². The third-order valence-corrected chi connectivity index (χ3v) is 5.38. The third kappa shape index (κ3) is 3.20. The van der Waals surface area contributed by atoms with Gasteiger partial charge in [0.05, 0.1) is 6.61 Å². The van der Waals surface area contributed by atoms with E-state index in [1.54, 1.807) is 14.0 Å². The van der Waals surface area contributed by atoms with Crippen molar-refractivity contribution < 1.29 is 9.53 Å². The number of aryl methyl sites for hydroxylation is 2. The molecule has 1 unspecified atom stereocenters. The van der Waals surface area contributed by atoms with Crippen molar-refractivity contribution in [1.29, 1.82) is 0 Å². The second-order valence-corrected chi connectivity index (χ2v) is 7.78. The zero-order valence-corrected chi connectivity index (χ0v) is 17.6. The maximum Gasteiger partial charge on any atom is 0.333 e. The van der Waals surface area contributed by atoms with E-state index in [0.717, 1.165) is 22.4 Å². The fraction of sp³-hybridized carbons (Fsp3) is 0.429. The van der Waals surface area contributed by atoms with Crippen molar-refractivity contribution in [2.75, 3.05) is 18.1 Å². The minimum Gasteiger partial charge on any atom is -0.465 e. The van der Waals surface area contributed by atoms with Gasteiger partial charge in [0.25, 0.3) is 5.56 Å². The standard InChI is InChI=1S/C21H25N5O4/c1-5-30-16(27)12-26-19(28)17-18(23(4)21(26)29)22-20-24(10-14(3)11-25(17)20)15-8-6-13(2)7-9-15/h6-9,14H,5,10-12H2,1-4H3. The maximum absolute atomic E-state index is 13.2. The molecule has 158 valence electrons. The van der Waals surface area contributed by atoms with Crippen LogP contribution in [0, 0.1) is 12.8 Å². The Balaban J connectivity index is 1.93. The Kier molecular flexibility index (Phi) is 4.97. The van der Waals surface area contributed by atoms with Crippen LogP contribution >= 0.6 is 0 Å². The van der Waals surface area contributed by atoms with Gasteiger partial charge in [-0.25, -0.2) is 9.36 Å². The Labute approximate surface area is 173 Å². The largest absolute Gasteiger partial charge is 0.465 e. The molecule has 0 fully saturated rings. The number of hydrogen-bond donors (Lipinski definition) is 0. The molecular formula is C21H25N5O4. The number of esters is 1. The number of rotatable bonds is 4. The van der Waals surface area contributed by atoms with Crippen LogP contribution in [0.3, 0.4) is 0 Å². The van der Waals surface area contributed by atoms with Crippen molar-refractivity contribution in [1.82, 2.24) is 18.7 Å². The van der Waals surface area contributed by atoms with E-state index in [1.165, 1.54) is 4.57 Å². The van der Waals surface area contributed by atoms with Gasteiger partial charge >= 0.3 is 11.7 Å². The number of benzene rings is 1.